The van der Waals surface area contributed by atoms with Crippen molar-refractivity contribution in [2.45, 2.75) is 31.9 Å². The number of allylic oxidation sites excluding steroid dienone is 3. The van der Waals surface area contributed by atoms with Gasteiger partial charge in [-0.3, -0.25) is 0 Å². The molecule has 1 aliphatic heterocycles. The number of halogens is 4. The number of esters is 1. The minimum Gasteiger partial charge on any atom is -0.466 e. The Hall–Kier alpha value is -2.86. The van der Waals surface area contributed by atoms with Crippen LogP contribution in [0.25, 0.3) is 4.85 Å². The van der Waals surface area contributed by atoms with Crippen molar-refractivity contribution < 1.29 is 32.2 Å². The van der Waals surface area contributed by atoms with Crippen LogP contribution in [-0.2, 0) is 15.7 Å². The molecule has 0 bridgehead atoms. The van der Waals surface area contributed by atoms with Gasteiger partial charge in [0.25, 0.3) is 0 Å². The quantitative estimate of drug-likeness (QED) is 0.449. The van der Waals surface area contributed by atoms with Crippen LogP contribution in [0.2, 0.25) is 0 Å². The summed E-state index contributed by atoms with van der Waals surface area (Å²) in [7, 11) is 1.08. The van der Waals surface area contributed by atoms with Gasteiger partial charge < -0.3 is 15.2 Å². The largest absolute Gasteiger partial charge is 0.466 e. The number of aliphatic hydroxyl groups excluding tert-OH is 1. The second-order valence-electron chi connectivity index (χ2n) is 6.12. The van der Waals surface area contributed by atoms with Crippen molar-refractivity contribution in [1.29, 1.82) is 0 Å². The molecule has 0 saturated heterocycles. The maximum atomic E-state index is 13.6. The first kappa shape index (κ1) is 21.4. The molecule has 1 aromatic carbocycles. The van der Waals surface area contributed by atoms with E-state index in [1.807, 2.05) is 0 Å². The maximum absolute atomic E-state index is 13.6. The van der Waals surface area contributed by atoms with Gasteiger partial charge in [-0.25, -0.2) is 14.0 Å². The van der Waals surface area contributed by atoms with Crippen molar-refractivity contribution in [1.82, 2.24) is 5.32 Å². The van der Waals surface area contributed by atoms with Crippen molar-refractivity contribution >= 4 is 5.97 Å². The number of methoxy groups -OCH3 is 1. The Kier molecular flexibility index (Phi) is 6.46. The number of benzene rings is 1. The molecule has 0 radical (unpaired) electrons. The first-order chi connectivity index (χ1) is 13.1. The van der Waals surface area contributed by atoms with Gasteiger partial charge in [0.05, 0.1) is 30.7 Å². The van der Waals surface area contributed by atoms with E-state index in [-0.39, 0.29) is 42.1 Å². The van der Waals surface area contributed by atoms with E-state index >= 15 is 0 Å². The third kappa shape index (κ3) is 4.17. The number of rotatable bonds is 5. The Morgan fingerprint density at radius 2 is 2.07 bits per heavy atom. The number of dihydropyridines is 1. The van der Waals surface area contributed by atoms with E-state index in [2.05, 4.69) is 10.2 Å². The molecule has 1 aliphatic rings. The topological polar surface area (TPSA) is 62.9 Å². The van der Waals surface area contributed by atoms with Gasteiger partial charge in [0.15, 0.2) is 5.70 Å². The number of hydrogen-bond acceptors (Lipinski definition) is 4. The lowest BCUT2D eigenvalue weighted by Crippen LogP contribution is -2.30. The van der Waals surface area contributed by atoms with Gasteiger partial charge >= 0.3 is 12.1 Å². The van der Waals surface area contributed by atoms with Gasteiger partial charge in [-0.2, -0.15) is 13.2 Å². The molecule has 0 aliphatic carbocycles. The molecular formula is C19H18F4N2O3. The summed E-state index contributed by atoms with van der Waals surface area (Å²) in [4.78, 5) is 15.8. The van der Waals surface area contributed by atoms with Gasteiger partial charge in [-0.15, -0.1) is 0 Å². The second kappa shape index (κ2) is 8.44. The fraction of sp³-hybridized carbons (Fsp3) is 0.368. The summed E-state index contributed by atoms with van der Waals surface area (Å²) in [6.45, 7) is 8.73. The zero-order valence-corrected chi connectivity index (χ0v) is 15.2. The maximum Gasteiger partial charge on any atom is 0.416 e. The van der Waals surface area contributed by atoms with Crippen LogP contribution in [0.15, 0.2) is 40.9 Å². The third-order valence-electron chi connectivity index (χ3n) is 4.35. The Balaban J connectivity index is 2.82. The van der Waals surface area contributed by atoms with E-state index in [1.54, 1.807) is 0 Å². The lowest BCUT2D eigenvalue weighted by molar-refractivity contribution is -0.139. The van der Waals surface area contributed by atoms with Crippen molar-refractivity contribution in [2.24, 2.45) is 0 Å². The Bertz CT molecular complexity index is 882. The second-order valence-corrected chi connectivity index (χ2v) is 6.12. The molecule has 5 nitrogen and oxygen atoms in total. The Morgan fingerprint density at radius 1 is 1.39 bits per heavy atom. The molecule has 2 N–H and O–H groups in total. The van der Waals surface area contributed by atoms with Crippen LogP contribution in [0.5, 0.6) is 0 Å². The normalized spacial score (nSPS) is 17.3. The Labute approximate surface area is 159 Å². The summed E-state index contributed by atoms with van der Waals surface area (Å²) >= 11 is 0. The zero-order valence-electron chi connectivity index (χ0n) is 15.2. The fourth-order valence-corrected chi connectivity index (χ4v) is 3.17. The van der Waals surface area contributed by atoms with Gasteiger partial charge in [-0.1, -0.05) is 6.07 Å². The van der Waals surface area contributed by atoms with E-state index in [9.17, 15) is 22.4 Å². The van der Waals surface area contributed by atoms with Crippen molar-refractivity contribution in [3.8, 4) is 0 Å². The average molecular weight is 398 g/mol. The number of carbonyl (C=O) groups is 1. The molecule has 2 rings (SSSR count). The van der Waals surface area contributed by atoms with E-state index in [4.69, 9.17) is 16.4 Å². The van der Waals surface area contributed by atoms with Gasteiger partial charge in [0, 0.05) is 18.0 Å². The first-order valence-electron chi connectivity index (χ1n) is 8.29. The summed E-state index contributed by atoms with van der Waals surface area (Å²) in [6.07, 6.45) is -4.50. The van der Waals surface area contributed by atoms with E-state index in [1.165, 1.54) is 6.92 Å². The minimum atomic E-state index is -4.89. The van der Waals surface area contributed by atoms with E-state index in [0.29, 0.717) is 6.07 Å². The number of carbonyl (C=O) groups excluding carboxylic acids is 1. The predicted molar refractivity (Wildman–Crippen MR) is 91.9 cm³/mol. The van der Waals surface area contributed by atoms with Crippen LogP contribution in [0.1, 0.15) is 36.8 Å². The summed E-state index contributed by atoms with van der Waals surface area (Å²) in [5, 5.41) is 12.0. The van der Waals surface area contributed by atoms with Crippen LogP contribution in [0.3, 0.4) is 0 Å². The number of alkyl halides is 3. The number of ether oxygens (including phenoxy) is 1. The molecule has 1 aromatic rings. The van der Waals surface area contributed by atoms with Gasteiger partial charge in [-0.05, 0) is 37.5 Å². The average Bonchev–Trinajstić information content (AvgIpc) is 2.64. The molecule has 1 atom stereocenters. The SMILES string of the molecule is [C-]#[N+]C1=C(C)NC(CCCO)=C(C(=O)OC)C1c1ccc(F)cc1C(F)(F)F. The summed E-state index contributed by atoms with van der Waals surface area (Å²) < 4.78 is 59.0. The monoisotopic (exact) mass is 398 g/mol. The molecule has 28 heavy (non-hydrogen) atoms. The molecule has 0 aromatic heterocycles. The molecule has 9 heteroatoms. The van der Waals surface area contributed by atoms with Crippen LogP contribution in [-0.4, -0.2) is 24.8 Å². The van der Waals surface area contributed by atoms with Crippen LogP contribution < -0.4 is 5.32 Å². The highest BCUT2D eigenvalue weighted by atomic mass is 19.4. The molecule has 1 unspecified atom stereocenters. The number of hydrogen-bond donors (Lipinski definition) is 2. The summed E-state index contributed by atoms with van der Waals surface area (Å²) in [6, 6.07) is 2.13. The highest BCUT2D eigenvalue weighted by Gasteiger charge is 2.42. The molecule has 0 amide bonds. The molecular weight excluding hydrogens is 380 g/mol. The standard InChI is InChI=1S/C19H18F4N2O3/c1-10-17(24-2)15(12-7-6-11(20)9-13(12)19(21,22)23)16(18(27)28-3)14(25-10)5-4-8-26/h6-7,9,15,25-26H,4-5,8H2,1,3H3. The fourth-order valence-electron chi connectivity index (χ4n) is 3.17. The molecule has 1 heterocycles. The molecule has 0 saturated carbocycles. The van der Waals surface area contributed by atoms with Crippen LogP contribution in [0, 0.1) is 12.4 Å². The smallest absolute Gasteiger partial charge is 0.416 e. The molecule has 150 valence electrons. The van der Waals surface area contributed by atoms with Crippen LogP contribution in [0.4, 0.5) is 17.6 Å². The summed E-state index contributed by atoms with van der Waals surface area (Å²) in [5.41, 5.74) is -1.43. The van der Waals surface area contributed by atoms with E-state index < -0.39 is 35.0 Å². The van der Waals surface area contributed by atoms with Gasteiger partial charge in [0.1, 0.15) is 5.82 Å². The molecule has 0 spiro atoms. The lowest BCUT2D eigenvalue weighted by Gasteiger charge is -2.31. The lowest BCUT2D eigenvalue weighted by atomic mass is 9.81. The van der Waals surface area contributed by atoms with E-state index in [0.717, 1.165) is 19.2 Å². The number of aliphatic hydroxyl groups is 1. The van der Waals surface area contributed by atoms with Crippen LogP contribution >= 0.6 is 0 Å². The summed E-state index contributed by atoms with van der Waals surface area (Å²) in [5.74, 6) is -3.37. The number of nitrogens with one attached hydrogen (secondary N) is 1. The zero-order chi connectivity index (χ0) is 21.1. The van der Waals surface area contributed by atoms with Crippen molar-refractivity contribution in [2.75, 3.05) is 13.7 Å². The van der Waals surface area contributed by atoms with Gasteiger partial charge in [0.2, 0.25) is 0 Å². The highest BCUT2D eigenvalue weighted by molar-refractivity contribution is 5.93. The third-order valence-corrected chi connectivity index (χ3v) is 4.35. The molecule has 0 fully saturated rings. The van der Waals surface area contributed by atoms with Crippen molar-refractivity contribution in [3.63, 3.8) is 0 Å². The highest BCUT2D eigenvalue weighted by Crippen LogP contribution is 2.45. The first-order valence-corrected chi connectivity index (χ1v) is 8.29. The predicted octanol–water partition coefficient (Wildman–Crippen LogP) is 3.88. The minimum absolute atomic E-state index is 0.120. The Morgan fingerprint density at radius 3 is 2.61 bits per heavy atom. The number of nitrogens with zero attached hydrogens (tertiary/aromatic N) is 1. The van der Waals surface area contributed by atoms with Crippen molar-refractivity contribution in [3.05, 3.63) is 69.2 Å².